The van der Waals surface area contributed by atoms with Crippen molar-refractivity contribution >= 4 is 22.4 Å². The van der Waals surface area contributed by atoms with Crippen LogP contribution in [-0.4, -0.2) is 24.4 Å². The molecule has 1 atom stereocenters. The van der Waals surface area contributed by atoms with Crippen molar-refractivity contribution in [2.24, 2.45) is 0 Å². The van der Waals surface area contributed by atoms with Gasteiger partial charge in [0, 0.05) is 17.1 Å². The molecular weight excluding hydrogens is 308 g/mol. The van der Waals surface area contributed by atoms with E-state index in [1.807, 2.05) is 37.4 Å². The first kappa shape index (κ1) is 15.9. The Morgan fingerprint density at radius 3 is 2.72 bits per heavy atom. The van der Waals surface area contributed by atoms with Crippen molar-refractivity contribution in [3.05, 3.63) is 77.9 Å². The third-order valence-electron chi connectivity index (χ3n) is 5.09. The third kappa shape index (κ3) is 3.15. The molecule has 0 saturated carbocycles. The Morgan fingerprint density at radius 2 is 1.80 bits per heavy atom. The Bertz CT molecular complexity index is 913. The lowest BCUT2D eigenvalue weighted by molar-refractivity contribution is -0.117. The van der Waals surface area contributed by atoms with E-state index in [9.17, 15) is 4.79 Å². The maximum atomic E-state index is 12.6. The fourth-order valence-electron chi connectivity index (χ4n) is 3.85. The third-order valence-corrected chi connectivity index (χ3v) is 5.09. The quantitative estimate of drug-likeness (QED) is 0.769. The number of amides is 1. The van der Waals surface area contributed by atoms with E-state index in [0.717, 1.165) is 29.3 Å². The van der Waals surface area contributed by atoms with Gasteiger partial charge in [0.15, 0.2) is 0 Å². The molecule has 3 aromatic carbocycles. The largest absolute Gasteiger partial charge is 0.324 e. The van der Waals surface area contributed by atoms with E-state index < -0.39 is 0 Å². The van der Waals surface area contributed by atoms with Crippen LogP contribution in [0.5, 0.6) is 0 Å². The highest BCUT2D eigenvalue weighted by Crippen LogP contribution is 2.34. The molecule has 0 saturated heterocycles. The van der Waals surface area contributed by atoms with Gasteiger partial charge in [0.25, 0.3) is 0 Å². The molecule has 0 fully saturated rings. The number of carbonyl (C=O) groups is 1. The molecule has 0 aromatic heterocycles. The van der Waals surface area contributed by atoms with Crippen LogP contribution in [0.3, 0.4) is 0 Å². The minimum Gasteiger partial charge on any atom is -0.324 e. The first-order chi connectivity index (χ1) is 12.2. The van der Waals surface area contributed by atoms with E-state index in [2.05, 4.69) is 46.6 Å². The van der Waals surface area contributed by atoms with E-state index in [-0.39, 0.29) is 5.91 Å². The SMILES string of the molecule is CN(CC(=O)Nc1cccc2ccccc12)C1CCc2ccccc21. The van der Waals surface area contributed by atoms with Crippen LogP contribution in [0.1, 0.15) is 23.6 Å². The molecule has 0 aliphatic heterocycles. The lowest BCUT2D eigenvalue weighted by atomic mass is 10.1. The average molecular weight is 330 g/mol. The van der Waals surface area contributed by atoms with Crippen LogP contribution in [0.4, 0.5) is 5.69 Å². The Hall–Kier alpha value is -2.65. The summed E-state index contributed by atoms with van der Waals surface area (Å²) in [5.74, 6) is 0.0308. The van der Waals surface area contributed by atoms with Crippen molar-refractivity contribution in [2.75, 3.05) is 18.9 Å². The number of anilines is 1. The van der Waals surface area contributed by atoms with Gasteiger partial charge in [0.1, 0.15) is 0 Å². The van der Waals surface area contributed by atoms with Crippen molar-refractivity contribution in [3.8, 4) is 0 Å². The normalized spacial score (nSPS) is 16.2. The zero-order valence-corrected chi connectivity index (χ0v) is 14.4. The van der Waals surface area contributed by atoms with Crippen LogP contribution in [0, 0.1) is 0 Å². The molecule has 0 radical (unpaired) electrons. The standard InChI is InChI=1S/C22H22N2O/c1-24(21-14-13-17-8-3-5-11-19(17)21)15-22(25)23-20-12-6-9-16-7-2-4-10-18(16)20/h2-12,21H,13-15H2,1H3,(H,23,25). The second-order valence-electron chi connectivity index (χ2n) is 6.74. The predicted octanol–water partition coefficient (Wildman–Crippen LogP) is 4.40. The fraction of sp³-hybridized carbons (Fsp3) is 0.227. The summed E-state index contributed by atoms with van der Waals surface area (Å²) in [5.41, 5.74) is 3.65. The summed E-state index contributed by atoms with van der Waals surface area (Å²) < 4.78 is 0. The van der Waals surface area contributed by atoms with Gasteiger partial charge < -0.3 is 5.32 Å². The Kier molecular flexibility index (Phi) is 4.24. The minimum absolute atomic E-state index is 0.0308. The molecule has 3 aromatic rings. The Morgan fingerprint density at radius 1 is 1.04 bits per heavy atom. The van der Waals surface area contributed by atoms with Gasteiger partial charge >= 0.3 is 0 Å². The summed E-state index contributed by atoms with van der Waals surface area (Å²) in [7, 11) is 2.04. The number of nitrogens with zero attached hydrogens (tertiary/aromatic N) is 1. The summed E-state index contributed by atoms with van der Waals surface area (Å²) in [6.07, 6.45) is 2.17. The van der Waals surface area contributed by atoms with Crippen molar-refractivity contribution in [1.82, 2.24) is 4.90 Å². The first-order valence-corrected chi connectivity index (χ1v) is 8.78. The zero-order valence-electron chi connectivity index (χ0n) is 14.4. The fourth-order valence-corrected chi connectivity index (χ4v) is 3.85. The molecule has 1 amide bonds. The predicted molar refractivity (Wildman–Crippen MR) is 103 cm³/mol. The number of fused-ring (bicyclic) bond motifs is 2. The highest BCUT2D eigenvalue weighted by Gasteiger charge is 2.26. The van der Waals surface area contributed by atoms with Gasteiger partial charge in [-0.05, 0) is 42.5 Å². The van der Waals surface area contributed by atoms with Gasteiger partial charge in [-0.2, -0.15) is 0 Å². The van der Waals surface area contributed by atoms with Crippen LogP contribution >= 0.6 is 0 Å². The number of benzene rings is 3. The van der Waals surface area contributed by atoms with Crippen LogP contribution in [0.15, 0.2) is 66.7 Å². The number of likely N-dealkylation sites (N-methyl/N-ethyl adjacent to an activating group) is 1. The van der Waals surface area contributed by atoms with Gasteiger partial charge in [-0.3, -0.25) is 9.69 Å². The second kappa shape index (κ2) is 6.69. The second-order valence-corrected chi connectivity index (χ2v) is 6.74. The monoisotopic (exact) mass is 330 g/mol. The van der Waals surface area contributed by atoms with Crippen molar-refractivity contribution in [2.45, 2.75) is 18.9 Å². The number of rotatable bonds is 4. The van der Waals surface area contributed by atoms with Crippen molar-refractivity contribution in [3.63, 3.8) is 0 Å². The summed E-state index contributed by atoms with van der Waals surface area (Å²) in [6, 6.07) is 23.0. The lowest BCUT2D eigenvalue weighted by Gasteiger charge is -2.24. The molecule has 1 unspecified atom stereocenters. The molecule has 1 aliphatic rings. The van der Waals surface area contributed by atoms with Crippen LogP contribution in [0.25, 0.3) is 10.8 Å². The molecule has 3 nitrogen and oxygen atoms in total. The molecule has 0 heterocycles. The van der Waals surface area contributed by atoms with Gasteiger partial charge in [-0.1, -0.05) is 60.7 Å². The summed E-state index contributed by atoms with van der Waals surface area (Å²) in [4.78, 5) is 14.7. The number of nitrogens with one attached hydrogen (secondary N) is 1. The summed E-state index contributed by atoms with van der Waals surface area (Å²) in [5, 5.41) is 5.30. The maximum absolute atomic E-state index is 12.6. The average Bonchev–Trinajstić information content (AvgIpc) is 3.06. The molecule has 126 valence electrons. The number of hydrogen-bond donors (Lipinski definition) is 1. The number of carbonyl (C=O) groups excluding carboxylic acids is 1. The van der Waals surface area contributed by atoms with E-state index in [0.29, 0.717) is 12.6 Å². The Labute approximate surface area is 148 Å². The van der Waals surface area contributed by atoms with Gasteiger partial charge in [-0.25, -0.2) is 0 Å². The van der Waals surface area contributed by atoms with Gasteiger partial charge in [-0.15, -0.1) is 0 Å². The van der Waals surface area contributed by atoms with Crippen LogP contribution in [-0.2, 0) is 11.2 Å². The first-order valence-electron chi connectivity index (χ1n) is 8.78. The van der Waals surface area contributed by atoms with E-state index in [1.165, 1.54) is 11.1 Å². The van der Waals surface area contributed by atoms with E-state index >= 15 is 0 Å². The van der Waals surface area contributed by atoms with Crippen LogP contribution < -0.4 is 5.32 Å². The van der Waals surface area contributed by atoms with E-state index in [4.69, 9.17) is 0 Å². The highest BCUT2D eigenvalue weighted by molar-refractivity contribution is 6.02. The van der Waals surface area contributed by atoms with Gasteiger partial charge in [0.05, 0.1) is 6.54 Å². The molecule has 0 spiro atoms. The molecule has 0 bridgehead atoms. The summed E-state index contributed by atoms with van der Waals surface area (Å²) in [6.45, 7) is 0.391. The van der Waals surface area contributed by atoms with Crippen LogP contribution in [0.2, 0.25) is 0 Å². The molecule has 25 heavy (non-hydrogen) atoms. The number of hydrogen-bond acceptors (Lipinski definition) is 2. The minimum atomic E-state index is 0.0308. The molecule has 1 aliphatic carbocycles. The molecular formula is C22H22N2O. The highest BCUT2D eigenvalue weighted by atomic mass is 16.2. The topological polar surface area (TPSA) is 32.3 Å². The smallest absolute Gasteiger partial charge is 0.238 e. The van der Waals surface area contributed by atoms with Crippen molar-refractivity contribution in [1.29, 1.82) is 0 Å². The molecule has 3 heteroatoms. The Balaban J connectivity index is 1.47. The van der Waals surface area contributed by atoms with Crippen molar-refractivity contribution < 1.29 is 4.79 Å². The number of aryl methyl sites for hydroxylation is 1. The maximum Gasteiger partial charge on any atom is 0.238 e. The van der Waals surface area contributed by atoms with E-state index in [1.54, 1.807) is 0 Å². The lowest BCUT2D eigenvalue weighted by Crippen LogP contribution is -2.32. The molecule has 1 N–H and O–H groups in total. The van der Waals surface area contributed by atoms with Gasteiger partial charge in [0.2, 0.25) is 5.91 Å². The molecule has 4 rings (SSSR count). The zero-order chi connectivity index (χ0) is 17.2. The summed E-state index contributed by atoms with van der Waals surface area (Å²) >= 11 is 0.